The molecule has 1 atom stereocenters. The van der Waals surface area contributed by atoms with E-state index in [2.05, 4.69) is 0 Å². The second-order valence-electron chi connectivity index (χ2n) is 3.69. The van der Waals surface area contributed by atoms with Gasteiger partial charge < -0.3 is 5.11 Å². The van der Waals surface area contributed by atoms with Crippen molar-refractivity contribution in [2.75, 3.05) is 6.61 Å². The molecule has 0 unspecified atom stereocenters. The van der Waals surface area contributed by atoms with Crippen LogP contribution in [0.1, 0.15) is 33.1 Å². The summed E-state index contributed by atoms with van der Waals surface area (Å²) in [5.74, 6) is 0.251. The topological polar surface area (TPSA) is 20.2 Å². The summed E-state index contributed by atoms with van der Waals surface area (Å²) in [6.07, 6.45) is -4.23. The fraction of sp³-hybridized carbons (Fsp3) is 1.00. The van der Waals surface area contributed by atoms with Gasteiger partial charge in [-0.05, 0) is 24.7 Å². The smallest absolute Gasteiger partial charge is 0.389 e. The summed E-state index contributed by atoms with van der Waals surface area (Å²) >= 11 is 0. The van der Waals surface area contributed by atoms with Crippen molar-refractivity contribution in [2.45, 2.75) is 39.3 Å². The first kappa shape index (κ1) is 12.8. The Balaban J connectivity index is 3.62. The predicted molar refractivity (Wildman–Crippen MR) is 45.3 cm³/mol. The third kappa shape index (κ3) is 6.87. The first-order chi connectivity index (χ1) is 5.87. The number of aliphatic hydroxyl groups excluding tert-OH is 1. The van der Waals surface area contributed by atoms with Crippen molar-refractivity contribution in [1.29, 1.82) is 0 Å². The molecule has 0 aromatic rings. The Bertz CT molecular complexity index is 131. The van der Waals surface area contributed by atoms with Crippen LogP contribution in [-0.4, -0.2) is 17.9 Å². The van der Waals surface area contributed by atoms with Gasteiger partial charge in [-0.2, -0.15) is 13.2 Å². The van der Waals surface area contributed by atoms with Gasteiger partial charge in [0.2, 0.25) is 0 Å². The van der Waals surface area contributed by atoms with Crippen LogP contribution in [0.4, 0.5) is 13.2 Å². The minimum atomic E-state index is -4.06. The first-order valence-electron chi connectivity index (χ1n) is 4.54. The maximum absolute atomic E-state index is 11.7. The van der Waals surface area contributed by atoms with E-state index in [4.69, 9.17) is 5.11 Å². The zero-order chi connectivity index (χ0) is 10.5. The van der Waals surface area contributed by atoms with Crippen molar-refractivity contribution in [2.24, 2.45) is 11.8 Å². The standard InChI is InChI=1S/C9H17F3O/c1-7(2)8(6-13)4-3-5-9(10,11)12/h7-8,13H,3-6H2,1-2H3/t8-/m0/s1. The SMILES string of the molecule is CC(C)[C@H](CO)CCCC(F)(F)F. The zero-order valence-electron chi connectivity index (χ0n) is 8.06. The van der Waals surface area contributed by atoms with Crippen LogP contribution < -0.4 is 0 Å². The van der Waals surface area contributed by atoms with Crippen LogP contribution in [0.2, 0.25) is 0 Å². The highest BCUT2D eigenvalue weighted by atomic mass is 19.4. The molecule has 0 aliphatic rings. The van der Waals surface area contributed by atoms with Crippen molar-refractivity contribution in [3.8, 4) is 0 Å². The number of halogens is 3. The summed E-state index contributed by atoms with van der Waals surface area (Å²) in [5, 5.41) is 8.84. The second kappa shape index (κ2) is 5.47. The molecule has 0 rings (SSSR count). The summed E-state index contributed by atoms with van der Waals surface area (Å²) in [6, 6.07) is 0. The second-order valence-corrected chi connectivity index (χ2v) is 3.69. The predicted octanol–water partition coefficient (Wildman–Crippen LogP) is 2.98. The summed E-state index contributed by atoms with van der Waals surface area (Å²) in [7, 11) is 0. The molecule has 80 valence electrons. The molecule has 0 aromatic heterocycles. The fourth-order valence-electron chi connectivity index (χ4n) is 1.20. The molecule has 0 fully saturated rings. The van der Waals surface area contributed by atoms with Gasteiger partial charge in [0.25, 0.3) is 0 Å². The molecule has 0 bridgehead atoms. The first-order valence-corrected chi connectivity index (χ1v) is 4.54. The Kier molecular flexibility index (Phi) is 5.37. The maximum atomic E-state index is 11.7. The highest BCUT2D eigenvalue weighted by Gasteiger charge is 2.26. The van der Waals surface area contributed by atoms with Crippen molar-refractivity contribution in [1.82, 2.24) is 0 Å². The van der Waals surface area contributed by atoms with Gasteiger partial charge >= 0.3 is 6.18 Å². The van der Waals surface area contributed by atoms with Gasteiger partial charge in [-0.1, -0.05) is 13.8 Å². The molecule has 0 aliphatic heterocycles. The molecule has 4 heteroatoms. The quantitative estimate of drug-likeness (QED) is 0.720. The molecule has 13 heavy (non-hydrogen) atoms. The fourth-order valence-corrected chi connectivity index (χ4v) is 1.20. The molecule has 0 saturated heterocycles. The van der Waals surface area contributed by atoms with Crippen molar-refractivity contribution < 1.29 is 18.3 Å². The average Bonchev–Trinajstić information content (AvgIpc) is 1.95. The van der Waals surface area contributed by atoms with Gasteiger partial charge in [-0.3, -0.25) is 0 Å². The molecular formula is C9H17F3O. The molecule has 0 radical (unpaired) electrons. The van der Waals surface area contributed by atoms with Crippen LogP contribution in [0.3, 0.4) is 0 Å². The normalized spacial score (nSPS) is 15.0. The van der Waals surface area contributed by atoms with E-state index in [0.717, 1.165) is 0 Å². The van der Waals surface area contributed by atoms with Gasteiger partial charge in [-0.25, -0.2) is 0 Å². The molecule has 0 amide bonds. The van der Waals surface area contributed by atoms with E-state index in [0.29, 0.717) is 6.42 Å². The molecule has 1 N–H and O–H groups in total. The van der Waals surface area contributed by atoms with Crippen molar-refractivity contribution in [3.63, 3.8) is 0 Å². The number of alkyl halides is 3. The molecular weight excluding hydrogens is 181 g/mol. The highest BCUT2D eigenvalue weighted by molar-refractivity contribution is 4.63. The average molecular weight is 198 g/mol. The zero-order valence-corrected chi connectivity index (χ0v) is 8.06. The van der Waals surface area contributed by atoms with E-state index < -0.39 is 12.6 Å². The molecule has 1 nitrogen and oxygen atoms in total. The minimum Gasteiger partial charge on any atom is -0.396 e. The van der Waals surface area contributed by atoms with E-state index in [1.165, 1.54) is 0 Å². The molecule has 0 aliphatic carbocycles. The van der Waals surface area contributed by atoms with E-state index in [1.54, 1.807) is 0 Å². The Hall–Kier alpha value is -0.250. The molecule has 0 saturated carbocycles. The van der Waals surface area contributed by atoms with Crippen LogP contribution in [0.5, 0.6) is 0 Å². The lowest BCUT2D eigenvalue weighted by atomic mass is 9.91. The van der Waals surface area contributed by atoms with Gasteiger partial charge in [0.05, 0.1) is 0 Å². The Morgan fingerprint density at radius 1 is 1.23 bits per heavy atom. The summed E-state index contributed by atoms with van der Waals surface area (Å²) in [4.78, 5) is 0. The lowest BCUT2D eigenvalue weighted by Gasteiger charge is -2.18. The number of rotatable bonds is 5. The van der Waals surface area contributed by atoms with Gasteiger partial charge in [0.1, 0.15) is 0 Å². The Morgan fingerprint density at radius 2 is 1.77 bits per heavy atom. The van der Waals surface area contributed by atoms with E-state index >= 15 is 0 Å². The van der Waals surface area contributed by atoms with Crippen LogP contribution in [-0.2, 0) is 0 Å². The largest absolute Gasteiger partial charge is 0.396 e. The number of hydrogen-bond donors (Lipinski definition) is 1. The number of aliphatic hydroxyl groups is 1. The third-order valence-corrected chi connectivity index (χ3v) is 2.21. The van der Waals surface area contributed by atoms with Crippen LogP contribution in [0, 0.1) is 11.8 Å². The summed E-state index contributed by atoms with van der Waals surface area (Å²) < 4.78 is 35.2. The van der Waals surface area contributed by atoms with E-state index in [9.17, 15) is 13.2 Å². The van der Waals surface area contributed by atoms with Gasteiger partial charge in [0.15, 0.2) is 0 Å². The third-order valence-electron chi connectivity index (χ3n) is 2.21. The minimum absolute atomic E-state index is 0.00218. The van der Waals surface area contributed by atoms with E-state index in [1.807, 2.05) is 13.8 Å². The molecule has 0 spiro atoms. The summed E-state index contributed by atoms with van der Waals surface area (Å²) in [6.45, 7) is 3.80. The van der Waals surface area contributed by atoms with Crippen molar-refractivity contribution >= 4 is 0 Å². The lowest BCUT2D eigenvalue weighted by molar-refractivity contribution is -0.136. The monoisotopic (exact) mass is 198 g/mol. The van der Waals surface area contributed by atoms with Crippen LogP contribution in [0.25, 0.3) is 0 Å². The van der Waals surface area contributed by atoms with Crippen LogP contribution >= 0.6 is 0 Å². The highest BCUT2D eigenvalue weighted by Crippen LogP contribution is 2.25. The van der Waals surface area contributed by atoms with E-state index in [-0.39, 0.29) is 24.9 Å². The molecule has 0 heterocycles. The summed E-state index contributed by atoms with van der Waals surface area (Å²) in [5.41, 5.74) is 0. The Labute approximate surface area is 76.9 Å². The molecule has 0 aromatic carbocycles. The van der Waals surface area contributed by atoms with Gasteiger partial charge in [0, 0.05) is 13.0 Å². The van der Waals surface area contributed by atoms with Gasteiger partial charge in [-0.15, -0.1) is 0 Å². The Morgan fingerprint density at radius 3 is 2.08 bits per heavy atom. The van der Waals surface area contributed by atoms with Crippen LogP contribution in [0.15, 0.2) is 0 Å². The lowest BCUT2D eigenvalue weighted by Crippen LogP contribution is -2.15. The van der Waals surface area contributed by atoms with Crippen molar-refractivity contribution in [3.05, 3.63) is 0 Å². The number of hydrogen-bond acceptors (Lipinski definition) is 1. The maximum Gasteiger partial charge on any atom is 0.389 e.